The van der Waals surface area contributed by atoms with Crippen LogP contribution in [0, 0.1) is 20.8 Å². The van der Waals surface area contributed by atoms with Crippen molar-refractivity contribution in [3.63, 3.8) is 0 Å². The van der Waals surface area contributed by atoms with Crippen molar-refractivity contribution >= 4 is 29.6 Å². The normalized spacial score (nSPS) is 18.5. The second-order valence-electron chi connectivity index (χ2n) is 4.50. The number of aryl methyl sites for hydroxylation is 2. The molecule has 1 aromatic rings. The number of aromatic nitrogens is 2. The van der Waals surface area contributed by atoms with E-state index in [0.29, 0.717) is 0 Å². The van der Waals surface area contributed by atoms with Gasteiger partial charge in [-0.3, -0.25) is 9.69 Å². The van der Waals surface area contributed by atoms with E-state index in [1.807, 2.05) is 20.8 Å². The first-order valence-corrected chi connectivity index (χ1v) is 7.42. The van der Waals surface area contributed by atoms with E-state index in [9.17, 15) is 9.59 Å². The zero-order chi connectivity index (χ0) is 14.9. The molecule has 2 rings (SSSR count). The van der Waals surface area contributed by atoms with Crippen molar-refractivity contribution in [2.24, 2.45) is 0 Å². The monoisotopic (exact) mass is 295 g/mol. The van der Waals surface area contributed by atoms with Gasteiger partial charge >= 0.3 is 5.97 Å². The minimum atomic E-state index is -0.691. The minimum Gasteiger partial charge on any atom is -0.464 e. The second-order valence-corrected chi connectivity index (χ2v) is 5.57. The number of hydrogen-bond acceptors (Lipinski definition) is 6. The van der Waals surface area contributed by atoms with E-state index < -0.39 is 11.3 Å². The van der Waals surface area contributed by atoms with Crippen LogP contribution in [0.1, 0.15) is 23.9 Å². The molecule has 0 radical (unpaired) electrons. The van der Waals surface area contributed by atoms with Gasteiger partial charge in [0.15, 0.2) is 5.37 Å². The SMILES string of the molecule is CCOC(=O)C1SCC(=O)N1c1nc(C)c(C)c(C)n1. The van der Waals surface area contributed by atoms with E-state index in [2.05, 4.69) is 9.97 Å². The van der Waals surface area contributed by atoms with Gasteiger partial charge in [0.05, 0.1) is 12.4 Å². The number of thioether (sulfide) groups is 1. The summed E-state index contributed by atoms with van der Waals surface area (Å²) in [5.41, 5.74) is 2.60. The molecule has 0 bridgehead atoms. The second kappa shape index (κ2) is 5.78. The first kappa shape index (κ1) is 14.8. The van der Waals surface area contributed by atoms with Gasteiger partial charge in [-0.1, -0.05) is 0 Å². The maximum atomic E-state index is 12.0. The summed E-state index contributed by atoms with van der Waals surface area (Å²) in [5, 5.41) is -0.691. The number of ether oxygens (including phenoxy) is 1. The molecule has 1 aromatic heterocycles. The van der Waals surface area contributed by atoms with Gasteiger partial charge in [0.1, 0.15) is 0 Å². The van der Waals surface area contributed by atoms with Gasteiger partial charge in [-0.15, -0.1) is 11.8 Å². The fraction of sp³-hybridized carbons (Fsp3) is 0.538. The molecule has 20 heavy (non-hydrogen) atoms. The number of carbonyl (C=O) groups excluding carboxylic acids is 2. The Balaban J connectivity index is 2.38. The topological polar surface area (TPSA) is 72.4 Å². The molecule has 1 aliphatic rings. The minimum absolute atomic E-state index is 0.171. The highest BCUT2D eigenvalue weighted by Crippen LogP contribution is 2.30. The van der Waals surface area contributed by atoms with Gasteiger partial charge in [-0.2, -0.15) is 0 Å². The van der Waals surface area contributed by atoms with Crippen LogP contribution in [-0.4, -0.2) is 39.6 Å². The lowest BCUT2D eigenvalue weighted by atomic mass is 10.2. The summed E-state index contributed by atoms with van der Waals surface area (Å²) < 4.78 is 5.00. The van der Waals surface area contributed by atoms with Crippen LogP contribution in [0.5, 0.6) is 0 Å². The molecule has 1 saturated heterocycles. The van der Waals surface area contributed by atoms with E-state index in [1.54, 1.807) is 6.92 Å². The van der Waals surface area contributed by atoms with E-state index in [1.165, 1.54) is 16.7 Å². The van der Waals surface area contributed by atoms with Crippen molar-refractivity contribution in [1.82, 2.24) is 9.97 Å². The Morgan fingerprint density at radius 2 is 1.95 bits per heavy atom. The maximum Gasteiger partial charge on any atom is 0.339 e. The summed E-state index contributed by atoms with van der Waals surface area (Å²) in [4.78, 5) is 33.9. The molecule has 0 aliphatic carbocycles. The standard InChI is InChI=1S/C13H17N3O3S/c1-5-19-12(18)11-16(10(17)6-20-11)13-14-8(3)7(2)9(4)15-13/h11H,5-6H2,1-4H3. The zero-order valence-electron chi connectivity index (χ0n) is 12.0. The molecule has 2 heterocycles. The molecule has 0 aromatic carbocycles. The Labute approximate surface area is 121 Å². The number of anilines is 1. The summed E-state index contributed by atoms with van der Waals surface area (Å²) in [6.45, 7) is 7.67. The highest BCUT2D eigenvalue weighted by atomic mass is 32.2. The number of carbonyl (C=O) groups is 2. The third-order valence-corrected chi connectivity index (χ3v) is 4.33. The zero-order valence-corrected chi connectivity index (χ0v) is 12.8. The van der Waals surface area contributed by atoms with Gasteiger partial charge in [-0.05, 0) is 33.3 Å². The predicted octanol–water partition coefficient (Wildman–Crippen LogP) is 1.37. The summed E-state index contributed by atoms with van der Waals surface area (Å²) >= 11 is 1.24. The first-order valence-electron chi connectivity index (χ1n) is 6.37. The molecule has 0 saturated carbocycles. The summed E-state index contributed by atoms with van der Waals surface area (Å²) in [6, 6.07) is 0. The van der Waals surface area contributed by atoms with Crippen molar-refractivity contribution < 1.29 is 14.3 Å². The first-order chi connectivity index (χ1) is 9.45. The van der Waals surface area contributed by atoms with Crippen LogP contribution in [0.25, 0.3) is 0 Å². The van der Waals surface area contributed by atoms with Crippen molar-refractivity contribution in [3.8, 4) is 0 Å². The lowest BCUT2D eigenvalue weighted by molar-refractivity contribution is -0.143. The van der Waals surface area contributed by atoms with Gasteiger partial charge in [0, 0.05) is 11.4 Å². The third-order valence-electron chi connectivity index (χ3n) is 3.19. The Morgan fingerprint density at radius 1 is 1.35 bits per heavy atom. The summed E-state index contributed by atoms with van der Waals surface area (Å²) in [7, 11) is 0. The maximum absolute atomic E-state index is 12.0. The van der Waals surface area contributed by atoms with Gasteiger partial charge < -0.3 is 4.74 Å². The summed E-state index contributed by atoms with van der Waals surface area (Å²) in [5.74, 6) is -0.0871. The Bertz CT molecular complexity index is 539. The Hall–Kier alpha value is -1.63. The molecule has 0 spiro atoms. The average Bonchev–Trinajstić information content (AvgIpc) is 2.77. The highest BCUT2D eigenvalue weighted by Gasteiger charge is 2.40. The van der Waals surface area contributed by atoms with E-state index in [4.69, 9.17) is 4.74 Å². The summed E-state index contributed by atoms with van der Waals surface area (Å²) in [6.07, 6.45) is 0. The quantitative estimate of drug-likeness (QED) is 0.784. The van der Waals surface area contributed by atoms with Crippen molar-refractivity contribution in [3.05, 3.63) is 17.0 Å². The van der Waals surface area contributed by atoms with Crippen LogP contribution in [0.15, 0.2) is 0 Å². The van der Waals surface area contributed by atoms with E-state index >= 15 is 0 Å². The number of nitrogens with zero attached hydrogens (tertiary/aromatic N) is 3. The van der Waals surface area contributed by atoms with Crippen LogP contribution in [-0.2, 0) is 14.3 Å². The number of hydrogen-bond donors (Lipinski definition) is 0. The third kappa shape index (κ3) is 2.63. The lowest BCUT2D eigenvalue weighted by Gasteiger charge is -2.21. The molecule has 108 valence electrons. The van der Waals surface area contributed by atoms with Crippen LogP contribution < -0.4 is 4.90 Å². The van der Waals surface area contributed by atoms with Gasteiger partial charge in [0.2, 0.25) is 11.9 Å². The fourth-order valence-corrected chi connectivity index (χ4v) is 2.90. The lowest BCUT2D eigenvalue weighted by Crippen LogP contribution is -2.40. The van der Waals surface area contributed by atoms with Crippen molar-refractivity contribution in [2.75, 3.05) is 17.3 Å². The van der Waals surface area contributed by atoms with E-state index in [0.717, 1.165) is 17.0 Å². The Kier molecular flexibility index (Phi) is 4.27. The molecule has 6 nitrogen and oxygen atoms in total. The highest BCUT2D eigenvalue weighted by molar-refractivity contribution is 8.01. The predicted molar refractivity (Wildman–Crippen MR) is 76.6 cm³/mol. The van der Waals surface area contributed by atoms with Crippen molar-refractivity contribution in [2.45, 2.75) is 33.1 Å². The van der Waals surface area contributed by atoms with Crippen LogP contribution in [0.3, 0.4) is 0 Å². The van der Waals surface area contributed by atoms with Crippen LogP contribution in [0.2, 0.25) is 0 Å². The Morgan fingerprint density at radius 3 is 2.50 bits per heavy atom. The largest absolute Gasteiger partial charge is 0.464 e. The number of rotatable bonds is 3. The van der Waals surface area contributed by atoms with Crippen molar-refractivity contribution in [1.29, 1.82) is 0 Å². The van der Waals surface area contributed by atoms with E-state index in [-0.39, 0.29) is 24.2 Å². The number of amides is 1. The molecule has 1 atom stereocenters. The number of esters is 1. The molecule has 1 fully saturated rings. The molecule has 1 aliphatic heterocycles. The fourth-order valence-electron chi connectivity index (χ4n) is 1.89. The molecule has 1 amide bonds. The average molecular weight is 295 g/mol. The molecular weight excluding hydrogens is 278 g/mol. The molecule has 1 unspecified atom stereocenters. The van der Waals surface area contributed by atoms with Crippen LogP contribution in [0.4, 0.5) is 5.95 Å². The smallest absolute Gasteiger partial charge is 0.339 e. The molecular formula is C13H17N3O3S. The molecule has 7 heteroatoms. The van der Waals surface area contributed by atoms with Gasteiger partial charge in [-0.25, -0.2) is 14.8 Å². The van der Waals surface area contributed by atoms with Crippen LogP contribution >= 0.6 is 11.8 Å². The van der Waals surface area contributed by atoms with Gasteiger partial charge in [0.25, 0.3) is 0 Å². The molecule has 0 N–H and O–H groups in total.